The maximum atomic E-state index is 12.1. The molecule has 1 atom stereocenters. The zero-order valence-corrected chi connectivity index (χ0v) is 14.5. The van der Waals surface area contributed by atoms with E-state index in [1.165, 1.54) is 0 Å². The summed E-state index contributed by atoms with van der Waals surface area (Å²) in [6.07, 6.45) is 2.83. The Bertz CT molecular complexity index is 644. The van der Waals surface area contributed by atoms with Crippen molar-refractivity contribution in [2.24, 2.45) is 0 Å². The molecule has 1 aromatic heterocycles. The molecule has 0 aliphatic carbocycles. The van der Waals surface area contributed by atoms with Gasteiger partial charge in [-0.25, -0.2) is 0 Å². The van der Waals surface area contributed by atoms with E-state index >= 15 is 0 Å². The molecule has 2 rings (SSSR count). The number of ether oxygens (including phenoxy) is 1. The molecule has 0 aliphatic heterocycles. The van der Waals surface area contributed by atoms with E-state index in [9.17, 15) is 4.79 Å². The lowest BCUT2D eigenvalue weighted by Gasteiger charge is -2.26. The topological polar surface area (TPSA) is 54.5 Å². The van der Waals surface area contributed by atoms with E-state index in [1.54, 1.807) is 13.3 Å². The number of pyridine rings is 1. The Morgan fingerprint density at radius 2 is 1.96 bits per heavy atom. The van der Waals surface area contributed by atoms with E-state index in [0.29, 0.717) is 19.4 Å². The van der Waals surface area contributed by atoms with Crippen molar-refractivity contribution in [2.75, 3.05) is 27.7 Å². The average Bonchev–Trinajstić information content (AvgIpc) is 2.61. The lowest BCUT2D eigenvalue weighted by molar-refractivity contribution is -0.121. The van der Waals surface area contributed by atoms with Gasteiger partial charge in [0.25, 0.3) is 0 Å². The number of para-hydroxylation sites is 1. The van der Waals surface area contributed by atoms with Gasteiger partial charge in [-0.1, -0.05) is 24.3 Å². The number of carbonyl (C=O) groups is 1. The Labute approximate surface area is 143 Å². The number of carbonyl (C=O) groups excluding carboxylic acids is 1. The smallest absolute Gasteiger partial charge is 0.220 e. The molecule has 1 N–H and O–H groups in total. The fourth-order valence-corrected chi connectivity index (χ4v) is 2.60. The molecule has 1 unspecified atom stereocenters. The number of benzene rings is 1. The van der Waals surface area contributed by atoms with Crippen LogP contribution in [-0.4, -0.2) is 43.5 Å². The second-order valence-corrected chi connectivity index (χ2v) is 5.85. The van der Waals surface area contributed by atoms with Gasteiger partial charge < -0.3 is 15.0 Å². The SMILES string of the molecule is COc1ccccc1C(CNC(=O)CCc1ccccn1)N(C)C. The van der Waals surface area contributed by atoms with Gasteiger partial charge >= 0.3 is 0 Å². The molecular weight excluding hydrogens is 302 g/mol. The molecule has 0 fully saturated rings. The number of hydrogen-bond donors (Lipinski definition) is 1. The van der Waals surface area contributed by atoms with Crippen LogP contribution in [0.25, 0.3) is 0 Å². The first-order chi connectivity index (χ1) is 11.6. The molecule has 0 radical (unpaired) electrons. The van der Waals surface area contributed by atoms with Crippen molar-refractivity contribution < 1.29 is 9.53 Å². The van der Waals surface area contributed by atoms with Crippen LogP contribution in [0.1, 0.15) is 23.7 Å². The summed E-state index contributed by atoms with van der Waals surface area (Å²) in [6.45, 7) is 0.536. The van der Waals surface area contributed by atoms with Crippen molar-refractivity contribution in [1.29, 1.82) is 0 Å². The number of hydrogen-bond acceptors (Lipinski definition) is 4. The normalized spacial score (nSPS) is 12.0. The Hall–Kier alpha value is -2.40. The van der Waals surface area contributed by atoms with Crippen molar-refractivity contribution in [2.45, 2.75) is 18.9 Å². The van der Waals surface area contributed by atoms with Crippen molar-refractivity contribution in [3.63, 3.8) is 0 Å². The average molecular weight is 327 g/mol. The first-order valence-electron chi connectivity index (χ1n) is 8.07. The van der Waals surface area contributed by atoms with E-state index in [1.807, 2.05) is 56.6 Å². The highest BCUT2D eigenvalue weighted by Gasteiger charge is 2.18. The largest absolute Gasteiger partial charge is 0.496 e. The van der Waals surface area contributed by atoms with Gasteiger partial charge in [-0.15, -0.1) is 0 Å². The third kappa shape index (κ3) is 5.06. The zero-order chi connectivity index (χ0) is 17.4. The number of aryl methyl sites for hydroxylation is 1. The van der Waals surface area contributed by atoms with E-state index in [0.717, 1.165) is 17.0 Å². The molecule has 0 aliphatic rings. The molecule has 0 spiro atoms. The molecule has 128 valence electrons. The van der Waals surface area contributed by atoms with Gasteiger partial charge in [0.2, 0.25) is 5.91 Å². The molecule has 1 aromatic carbocycles. The predicted octanol–water partition coefficient (Wildman–Crippen LogP) is 2.44. The summed E-state index contributed by atoms with van der Waals surface area (Å²) < 4.78 is 5.44. The molecule has 2 aromatic rings. The summed E-state index contributed by atoms with van der Waals surface area (Å²) in [6, 6.07) is 13.7. The van der Waals surface area contributed by atoms with Gasteiger partial charge in [-0.3, -0.25) is 9.78 Å². The highest BCUT2D eigenvalue weighted by molar-refractivity contribution is 5.76. The van der Waals surface area contributed by atoms with Crippen molar-refractivity contribution in [3.8, 4) is 5.75 Å². The number of rotatable bonds is 8. The Balaban J connectivity index is 1.93. The first kappa shape index (κ1) is 17.9. The molecule has 0 bridgehead atoms. The van der Waals surface area contributed by atoms with E-state index < -0.39 is 0 Å². The zero-order valence-electron chi connectivity index (χ0n) is 14.5. The maximum absolute atomic E-state index is 12.1. The minimum absolute atomic E-state index is 0.0300. The van der Waals surface area contributed by atoms with Crippen molar-refractivity contribution >= 4 is 5.91 Å². The Morgan fingerprint density at radius 3 is 2.62 bits per heavy atom. The highest BCUT2D eigenvalue weighted by Crippen LogP contribution is 2.27. The summed E-state index contributed by atoms with van der Waals surface area (Å²) in [4.78, 5) is 18.5. The monoisotopic (exact) mass is 327 g/mol. The van der Waals surface area contributed by atoms with Crippen LogP contribution in [0.5, 0.6) is 5.75 Å². The number of amides is 1. The summed E-state index contributed by atoms with van der Waals surface area (Å²) in [5, 5.41) is 3.02. The molecule has 1 heterocycles. The molecule has 0 saturated carbocycles. The van der Waals surface area contributed by atoms with Crippen LogP contribution in [0, 0.1) is 0 Å². The number of likely N-dealkylation sites (N-methyl/N-ethyl adjacent to an activating group) is 1. The second kappa shape index (κ2) is 9.03. The number of nitrogens with zero attached hydrogens (tertiary/aromatic N) is 2. The molecule has 24 heavy (non-hydrogen) atoms. The van der Waals surface area contributed by atoms with Gasteiger partial charge in [0.15, 0.2) is 0 Å². The summed E-state index contributed by atoms with van der Waals surface area (Å²) in [7, 11) is 5.66. The lowest BCUT2D eigenvalue weighted by Crippen LogP contribution is -2.34. The predicted molar refractivity (Wildman–Crippen MR) is 95.0 cm³/mol. The van der Waals surface area contributed by atoms with Crippen LogP contribution in [0.3, 0.4) is 0 Å². The fourth-order valence-electron chi connectivity index (χ4n) is 2.60. The maximum Gasteiger partial charge on any atom is 0.220 e. The van der Waals surface area contributed by atoms with Gasteiger partial charge in [0, 0.05) is 30.4 Å². The van der Waals surface area contributed by atoms with Crippen molar-refractivity contribution in [3.05, 3.63) is 59.9 Å². The third-order valence-electron chi connectivity index (χ3n) is 3.95. The minimum atomic E-state index is 0.0300. The van der Waals surface area contributed by atoms with Gasteiger partial charge in [-0.2, -0.15) is 0 Å². The molecule has 1 amide bonds. The van der Waals surface area contributed by atoms with Crippen LogP contribution in [0.15, 0.2) is 48.7 Å². The van der Waals surface area contributed by atoms with Crippen LogP contribution in [-0.2, 0) is 11.2 Å². The highest BCUT2D eigenvalue weighted by atomic mass is 16.5. The molecular formula is C19H25N3O2. The molecule has 5 nitrogen and oxygen atoms in total. The van der Waals surface area contributed by atoms with Gasteiger partial charge in [0.1, 0.15) is 5.75 Å². The van der Waals surface area contributed by atoms with Gasteiger partial charge in [0.05, 0.1) is 13.2 Å². The van der Waals surface area contributed by atoms with E-state index in [4.69, 9.17) is 4.74 Å². The summed E-state index contributed by atoms with van der Waals surface area (Å²) in [5.74, 6) is 0.862. The van der Waals surface area contributed by atoms with Gasteiger partial charge in [-0.05, 0) is 38.7 Å². The number of nitrogens with one attached hydrogen (secondary N) is 1. The number of methoxy groups -OCH3 is 1. The van der Waals surface area contributed by atoms with Crippen LogP contribution < -0.4 is 10.1 Å². The van der Waals surface area contributed by atoms with E-state index in [-0.39, 0.29) is 11.9 Å². The lowest BCUT2D eigenvalue weighted by atomic mass is 10.0. The van der Waals surface area contributed by atoms with Crippen LogP contribution in [0.2, 0.25) is 0 Å². The Morgan fingerprint density at radius 1 is 1.21 bits per heavy atom. The van der Waals surface area contributed by atoms with Crippen LogP contribution >= 0.6 is 0 Å². The first-order valence-corrected chi connectivity index (χ1v) is 8.07. The second-order valence-electron chi connectivity index (χ2n) is 5.85. The quantitative estimate of drug-likeness (QED) is 0.809. The van der Waals surface area contributed by atoms with E-state index in [2.05, 4.69) is 15.2 Å². The Kier molecular flexibility index (Phi) is 6.75. The summed E-state index contributed by atoms with van der Waals surface area (Å²) in [5.41, 5.74) is 2.00. The minimum Gasteiger partial charge on any atom is -0.496 e. The number of aromatic nitrogens is 1. The van der Waals surface area contributed by atoms with Crippen LogP contribution in [0.4, 0.5) is 0 Å². The fraction of sp³-hybridized carbons (Fsp3) is 0.368. The molecule has 5 heteroatoms. The standard InChI is InChI=1S/C19H25N3O2/c1-22(2)17(16-9-4-5-10-18(16)24-3)14-21-19(23)12-11-15-8-6-7-13-20-15/h4-10,13,17H,11-12,14H2,1-3H3,(H,21,23). The third-order valence-corrected chi connectivity index (χ3v) is 3.95. The molecule has 0 saturated heterocycles. The van der Waals surface area contributed by atoms with Crippen molar-refractivity contribution in [1.82, 2.24) is 15.2 Å². The summed E-state index contributed by atoms with van der Waals surface area (Å²) >= 11 is 0.